The predicted molar refractivity (Wildman–Crippen MR) is 49.3 cm³/mol. The molecule has 0 aromatic heterocycles. The second-order valence-corrected chi connectivity index (χ2v) is 4.19. The Morgan fingerprint density at radius 3 is 3.15 bits per heavy atom. The summed E-state index contributed by atoms with van der Waals surface area (Å²) in [5.74, 6) is 0.618. The summed E-state index contributed by atoms with van der Waals surface area (Å²) in [7, 11) is 1.50. The first kappa shape index (κ1) is 9.00. The third kappa shape index (κ3) is 1.46. The number of ether oxygens (including phenoxy) is 1. The minimum atomic E-state index is -0.0726. The molecule has 3 heteroatoms. The topological polar surface area (TPSA) is 38.3 Å². The van der Waals surface area contributed by atoms with Crippen LogP contribution in [-0.4, -0.2) is 26.2 Å². The first-order valence-corrected chi connectivity index (χ1v) is 5.09. The number of esters is 1. The van der Waals surface area contributed by atoms with Crippen molar-refractivity contribution in [1.29, 1.82) is 0 Å². The molecule has 0 spiro atoms. The average Bonchev–Trinajstić information content (AvgIpc) is 2.78. The van der Waals surface area contributed by atoms with Crippen LogP contribution in [0.5, 0.6) is 0 Å². The molecular formula is C10H17NO2. The second-order valence-electron chi connectivity index (χ2n) is 4.19. The van der Waals surface area contributed by atoms with Crippen LogP contribution < -0.4 is 5.32 Å². The van der Waals surface area contributed by atoms with Gasteiger partial charge in [-0.1, -0.05) is 0 Å². The summed E-state index contributed by atoms with van der Waals surface area (Å²) in [6.45, 7) is 2.11. The molecule has 0 bridgehead atoms. The van der Waals surface area contributed by atoms with Gasteiger partial charge in [0.15, 0.2) is 0 Å². The van der Waals surface area contributed by atoms with Crippen molar-refractivity contribution in [3.05, 3.63) is 0 Å². The normalized spacial score (nSPS) is 38.4. The van der Waals surface area contributed by atoms with Crippen LogP contribution in [0.1, 0.15) is 25.7 Å². The summed E-state index contributed by atoms with van der Waals surface area (Å²) in [5, 5.41) is 3.37. The van der Waals surface area contributed by atoms with Crippen molar-refractivity contribution in [2.24, 2.45) is 11.3 Å². The van der Waals surface area contributed by atoms with Crippen LogP contribution in [0.25, 0.3) is 0 Å². The van der Waals surface area contributed by atoms with E-state index in [1.165, 1.54) is 7.11 Å². The summed E-state index contributed by atoms with van der Waals surface area (Å²) in [5.41, 5.74) is -0.0726. The Balaban J connectivity index is 2.02. The van der Waals surface area contributed by atoms with Crippen LogP contribution in [0.2, 0.25) is 0 Å². The molecule has 1 N–H and O–H groups in total. The van der Waals surface area contributed by atoms with Gasteiger partial charge in [0.1, 0.15) is 0 Å². The maximum absolute atomic E-state index is 11.6. The summed E-state index contributed by atoms with van der Waals surface area (Å²) >= 11 is 0. The smallest absolute Gasteiger partial charge is 0.312 e. The minimum Gasteiger partial charge on any atom is -0.469 e. The van der Waals surface area contributed by atoms with Gasteiger partial charge in [0, 0.05) is 0 Å². The first-order chi connectivity index (χ1) is 6.29. The van der Waals surface area contributed by atoms with E-state index >= 15 is 0 Å². The van der Waals surface area contributed by atoms with Crippen molar-refractivity contribution in [2.75, 3.05) is 20.2 Å². The Kier molecular flexibility index (Phi) is 2.28. The molecule has 1 saturated carbocycles. The van der Waals surface area contributed by atoms with E-state index in [1.807, 2.05) is 0 Å². The standard InChI is InChI=1S/C10H17NO2/c1-13-9(12)10-4-2-5-11-6-3-8(10)7-10/h8,11H,2-7H2,1H3. The van der Waals surface area contributed by atoms with Gasteiger partial charge < -0.3 is 10.1 Å². The zero-order valence-electron chi connectivity index (χ0n) is 8.14. The maximum Gasteiger partial charge on any atom is 0.312 e. The van der Waals surface area contributed by atoms with Crippen LogP contribution in [0, 0.1) is 11.3 Å². The van der Waals surface area contributed by atoms with E-state index in [0.717, 1.165) is 38.8 Å². The van der Waals surface area contributed by atoms with E-state index in [1.54, 1.807) is 0 Å². The number of carbonyl (C=O) groups excluding carboxylic acids is 1. The van der Waals surface area contributed by atoms with E-state index in [0.29, 0.717) is 5.92 Å². The summed E-state index contributed by atoms with van der Waals surface area (Å²) < 4.78 is 4.87. The van der Waals surface area contributed by atoms with Gasteiger partial charge >= 0.3 is 5.97 Å². The molecule has 1 saturated heterocycles. The zero-order chi connectivity index (χ0) is 9.31. The van der Waals surface area contributed by atoms with Crippen LogP contribution in [0.3, 0.4) is 0 Å². The number of rotatable bonds is 1. The molecule has 2 aliphatic rings. The molecule has 0 amide bonds. The Morgan fingerprint density at radius 1 is 1.54 bits per heavy atom. The van der Waals surface area contributed by atoms with Gasteiger partial charge in [0.2, 0.25) is 0 Å². The lowest BCUT2D eigenvalue weighted by molar-refractivity contribution is -0.148. The number of methoxy groups -OCH3 is 1. The van der Waals surface area contributed by atoms with E-state index in [4.69, 9.17) is 4.74 Å². The molecule has 1 aliphatic heterocycles. The van der Waals surface area contributed by atoms with Crippen molar-refractivity contribution in [3.63, 3.8) is 0 Å². The monoisotopic (exact) mass is 183 g/mol. The minimum absolute atomic E-state index is 0.0272. The SMILES string of the molecule is COC(=O)C12CCCNCCC1C2. The van der Waals surface area contributed by atoms with E-state index < -0.39 is 0 Å². The lowest BCUT2D eigenvalue weighted by Gasteiger charge is -2.17. The summed E-state index contributed by atoms with van der Waals surface area (Å²) in [4.78, 5) is 11.6. The lowest BCUT2D eigenvalue weighted by Crippen LogP contribution is -2.27. The van der Waals surface area contributed by atoms with E-state index in [9.17, 15) is 4.79 Å². The van der Waals surface area contributed by atoms with Gasteiger partial charge in [0.25, 0.3) is 0 Å². The largest absolute Gasteiger partial charge is 0.469 e. The van der Waals surface area contributed by atoms with Gasteiger partial charge in [-0.25, -0.2) is 0 Å². The quantitative estimate of drug-likeness (QED) is 0.615. The first-order valence-electron chi connectivity index (χ1n) is 5.09. The highest BCUT2D eigenvalue weighted by molar-refractivity contribution is 5.80. The van der Waals surface area contributed by atoms with Crippen molar-refractivity contribution < 1.29 is 9.53 Å². The van der Waals surface area contributed by atoms with Gasteiger partial charge in [-0.3, -0.25) is 4.79 Å². The van der Waals surface area contributed by atoms with Gasteiger partial charge in [-0.05, 0) is 44.7 Å². The number of hydrogen-bond donors (Lipinski definition) is 1. The highest BCUT2D eigenvalue weighted by Crippen LogP contribution is 2.58. The summed E-state index contributed by atoms with van der Waals surface area (Å²) in [6.07, 6.45) is 4.30. The second kappa shape index (κ2) is 3.29. The highest BCUT2D eigenvalue weighted by Gasteiger charge is 2.59. The van der Waals surface area contributed by atoms with Crippen LogP contribution in [-0.2, 0) is 9.53 Å². The van der Waals surface area contributed by atoms with Gasteiger partial charge in [-0.2, -0.15) is 0 Å². The van der Waals surface area contributed by atoms with E-state index in [2.05, 4.69) is 5.32 Å². The van der Waals surface area contributed by atoms with E-state index in [-0.39, 0.29) is 11.4 Å². The van der Waals surface area contributed by atoms with Crippen molar-refractivity contribution in [1.82, 2.24) is 5.32 Å². The molecule has 1 aliphatic carbocycles. The Bertz CT molecular complexity index is 217. The third-order valence-corrected chi connectivity index (χ3v) is 3.47. The van der Waals surface area contributed by atoms with Crippen molar-refractivity contribution >= 4 is 5.97 Å². The molecule has 2 rings (SSSR count). The Labute approximate surface area is 78.8 Å². The predicted octanol–water partition coefficient (Wildman–Crippen LogP) is 0.939. The molecule has 2 unspecified atom stereocenters. The zero-order valence-corrected chi connectivity index (χ0v) is 8.14. The fraction of sp³-hybridized carbons (Fsp3) is 0.900. The average molecular weight is 183 g/mol. The van der Waals surface area contributed by atoms with Crippen LogP contribution in [0.15, 0.2) is 0 Å². The molecule has 1 heterocycles. The van der Waals surface area contributed by atoms with Gasteiger partial charge in [-0.15, -0.1) is 0 Å². The van der Waals surface area contributed by atoms with Crippen LogP contribution >= 0.6 is 0 Å². The molecule has 13 heavy (non-hydrogen) atoms. The van der Waals surface area contributed by atoms with Crippen molar-refractivity contribution in [2.45, 2.75) is 25.7 Å². The number of nitrogens with one attached hydrogen (secondary N) is 1. The fourth-order valence-electron chi connectivity index (χ4n) is 2.55. The van der Waals surface area contributed by atoms with Gasteiger partial charge in [0.05, 0.1) is 12.5 Å². The molecular weight excluding hydrogens is 166 g/mol. The molecule has 0 aromatic carbocycles. The molecule has 0 radical (unpaired) electrons. The molecule has 74 valence electrons. The lowest BCUT2D eigenvalue weighted by atomic mass is 9.94. The number of fused-ring (bicyclic) bond motifs is 1. The number of carbonyl (C=O) groups is 1. The van der Waals surface area contributed by atoms with Crippen LogP contribution in [0.4, 0.5) is 0 Å². The fourth-order valence-corrected chi connectivity index (χ4v) is 2.55. The highest BCUT2D eigenvalue weighted by atomic mass is 16.5. The Morgan fingerprint density at radius 2 is 2.38 bits per heavy atom. The Hall–Kier alpha value is -0.570. The number of hydrogen-bond acceptors (Lipinski definition) is 3. The molecule has 2 atom stereocenters. The van der Waals surface area contributed by atoms with Crippen molar-refractivity contribution in [3.8, 4) is 0 Å². The molecule has 2 fully saturated rings. The third-order valence-electron chi connectivity index (χ3n) is 3.47. The molecule has 3 nitrogen and oxygen atoms in total. The maximum atomic E-state index is 11.6. The summed E-state index contributed by atoms with van der Waals surface area (Å²) in [6, 6.07) is 0. The molecule has 0 aromatic rings.